The molecule has 3 nitrogen and oxygen atoms in total. The molecule has 3 heteroatoms. The molecular formula is C18H29NO2. The highest BCUT2D eigenvalue weighted by molar-refractivity contribution is 5.28. The number of nitrogens with one attached hydrogen (secondary N) is 1. The van der Waals surface area contributed by atoms with Crippen LogP contribution in [0.2, 0.25) is 0 Å². The SMILES string of the molecule is COCCCCC(CNC1CC1)Cc1cccc(OC)c1. The number of benzene rings is 1. The Labute approximate surface area is 129 Å². The molecule has 0 aromatic heterocycles. The van der Waals surface area contributed by atoms with Crippen LogP contribution in [0, 0.1) is 5.92 Å². The van der Waals surface area contributed by atoms with Crippen LogP contribution in [0.25, 0.3) is 0 Å². The molecule has 1 aliphatic rings. The first-order chi connectivity index (χ1) is 10.3. The van der Waals surface area contributed by atoms with Crippen LogP contribution in [0.15, 0.2) is 24.3 Å². The van der Waals surface area contributed by atoms with Crippen molar-refractivity contribution in [3.05, 3.63) is 29.8 Å². The summed E-state index contributed by atoms with van der Waals surface area (Å²) in [5.41, 5.74) is 1.38. The van der Waals surface area contributed by atoms with Gasteiger partial charge in [0.2, 0.25) is 0 Å². The zero-order chi connectivity index (χ0) is 14.9. The Balaban J connectivity index is 1.82. The monoisotopic (exact) mass is 291 g/mol. The second-order valence-electron chi connectivity index (χ2n) is 6.09. The van der Waals surface area contributed by atoms with Gasteiger partial charge in [-0.25, -0.2) is 0 Å². The molecule has 1 atom stereocenters. The van der Waals surface area contributed by atoms with Gasteiger partial charge in [0.1, 0.15) is 5.75 Å². The first kappa shape index (κ1) is 16.3. The normalized spacial score (nSPS) is 15.9. The van der Waals surface area contributed by atoms with Crippen LogP contribution in [-0.4, -0.2) is 33.4 Å². The van der Waals surface area contributed by atoms with E-state index in [1.807, 2.05) is 6.07 Å². The van der Waals surface area contributed by atoms with E-state index in [4.69, 9.17) is 9.47 Å². The van der Waals surface area contributed by atoms with Crippen LogP contribution >= 0.6 is 0 Å². The summed E-state index contributed by atoms with van der Waals surface area (Å²) in [6, 6.07) is 9.27. The molecule has 0 amide bonds. The maximum absolute atomic E-state index is 5.33. The Hall–Kier alpha value is -1.06. The highest BCUT2D eigenvalue weighted by Crippen LogP contribution is 2.22. The fourth-order valence-corrected chi connectivity index (χ4v) is 2.71. The molecule has 21 heavy (non-hydrogen) atoms. The molecule has 1 aliphatic carbocycles. The van der Waals surface area contributed by atoms with Crippen molar-refractivity contribution in [3.8, 4) is 5.75 Å². The molecule has 0 bridgehead atoms. The predicted octanol–water partition coefficient (Wildman–Crippen LogP) is 3.42. The van der Waals surface area contributed by atoms with Crippen molar-refractivity contribution in [2.45, 2.75) is 44.6 Å². The molecule has 2 rings (SSSR count). The summed E-state index contributed by atoms with van der Waals surface area (Å²) in [6.45, 7) is 2.01. The first-order valence-corrected chi connectivity index (χ1v) is 8.17. The Morgan fingerprint density at radius 1 is 1.24 bits per heavy atom. The lowest BCUT2D eigenvalue weighted by Gasteiger charge is -2.18. The Kier molecular flexibility index (Phi) is 7.04. The van der Waals surface area contributed by atoms with E-state index in [0.717, 1.165) is 37.8 Å². The lowest BCUT2D eigenvalue weighted by Crippen LogP contribution is -2.26. The van der Waals surface area contributed by atoms with Crippen LogP contribution in [0.1, 0.15) is 37.7 Å². The van der Waals surface area contributed by atoms with Gasteiger partial charge in [0.05, 0.1) is 7.11 Å². The summed E-state index contributed by atoms with van der Waals surface area (Å²) in [4.78, 5) is 0. The van der Waals surface area contributed by atoms with E-state index in [1.165, 1.54) is 31.2 Å². The minimum absolute atomic E-state index is 0.703. The molecule has 0 aliphatic heterocycles. The van der Waals surface area contributed by atoms with Gasteiger partial charge < -0.3 is 14.8 Å². The number of rotatable bonds is 11. The molecule has 1 aromatic carbocycles. The van der Waals surface area contributed by atoms with E-state index in [1.54, 1.807) is 14.2 Å². The van der Waals surface area contributed by atoms with Crippen LogP contribution in [0.4, 0.5) is 0 Å². The molecule has 0 saturated heterocycles. The van der Waals surface area contributed by atoms with Crippen molar-refractivity contribution in [1.82, 2.24) is 5.32 Å². The third-order valence-electron chi connectivity index (χ3n) is 4.14. The predicted molar refractivity (Wildman–Crippen MR) is 86.9 cm³/mol. The van der Waals surface area contributed by atoms with Crippen LogP contribution < -0.4 is 10.1 Å². The summed E-state index contributed by atoms with van der Waals surface area (Å²) in [5, 5.41) is 3.68. The fourth-order valence-electron chi connectivity index (χ4n) is 2.71. The van der Waals surface area contributed by atoms with Crippen molar-refractivity contribution in [1.29, 1.82) is 0 Å². The van der Waals surface area contributed by atoms with Gasteiger partial charge in [-0.05, 0) is 62.3 Å². The molecule has 118 valence electrons. The van der Waals surface area contributed by atoms with Crippen LogP contribution in [0.5, 0.6) is 5.75 Å². The number of hydrogen-bond acceptors (Lipinski definition) is 3. The average Bonchev–Trinajstić information content (AvgIpc) is 3.33. The molecule has 0 heterocycles. The third-order valence-corrected chi connectivity index (χ3v) is 4.14. The summed E-state index contributed by atoms with van der Waals surface area (Å²) in [6.07, 6.45) is 7.51. The Morgan fingerprint density at radius 2 is 2.10 bits per heavy atom. The summed E-state index contributed by atoms with van der Waals surface area (Å²) >= 11 is 0. The zero-order valence-electron chi connectivity index (χ0n) is 13.4. The molecule has 1 unspecified atom stereocenters. The summed E-state index contributed by atoms with van der Waals surface area (Å²) in [7, 11) is 3.51. The van der Waals surface area contributed by atoms with Gasteiger partial charge in [0, 0.05) is 19.8 Å². The van der Waals surface area contributed by atoms with E-state index in [-0.39, 0.29) is 0 Å². The number of ether oxygens (including phenoxy) is 2. The van der Waals surface area contributed by atoms with Crippen molar-refractivity contribution in [3.63, 3.8) is 0 Å². The number of methoxy groups -OCH3 is 2. The van der Waals surface area contributed by atoms with Gasteiger partial charge in [0.25, 0.3) is 0 Å². The maximum Gasteiger partial charge on any atom is 0.119 e. The summed E-state index contributed by atoms with van der Waals surface area (Å²) in [5.74, 6) is 1.66. The van der Waals surface area contributed by atoms with Gasteiger partial charge in [-0.1, -0.05) is 18.6 Å². The molecule has 1 saturated carbocycles. The van der Waals surface area contributed by atoms with Crippen molar-refractivity contribution < 1.29 is 9.47 Å². The molecule has 1 N–H and O–H groups in total. The van der Waals surface area contributed by atoms with E-state index < -0.39 is 0 Å². The molecule has 0 radical (unpaired) electrons. The number of hydrogen-bond donors (Lipinski definition) is 1. The van der Waals surface area contributed by atoms with Gasteiger partial charge in [-0.3, -0.25) is 0 Å². The van der Waals surface area contributed by atoms with Gasteiger partial charge in [0.15, 0.2) is 0 Å². The van der Waals surface area contributed by atoms with Crippen molar-refractivity contribution in [2.75, 3.05) is 27.4 Å². The van der Waals surface area contributed by atoms with E-state index in [2.05, 4.69) is 23.5 Å². The highest BCUT2D eigenvalue weighted by atomic mass is 16.5. The number of unbranched alkanes of at least 4 members (excludes halogenated alkanes) is 1. The standard InChI is InChI=1S/C18H29NO2/c1-20-11-4-3-6-16(14-19-17-9-10-17)12-15-7-5-8-18(13-15)21-2/h5,7-8,13,16-17,19H,3-4,6,9-12,14H2,1-2H3. The average molecular weight is 291 g/mol. The van der Waals surface area contributed by atoms with Crippen molar-refractivity contribution >= 4 is 0 Å². The van der Waals surface area contributed by atoms with Gasteiger partial charge in [-0.2, -0.15) is 0 Å². The third kappa shape index (κ3) is 6.49. The lowest BCUT2D eigenvalue weighted by atomic mass is 9.94. The maximum atomic E-state index is 5.33. The second-order valence-corrected chi connectivity index (χ2v) is 6.09. The van der Waals surface area contributed by atoms with E-state index >= 15 is 0 Å². The largest absolute Gasteiger partial charge is 0.497 e. The molecule has 1 aromatic rings. The van der Waals surface area contributed by atoms with Gasteiger partial charge >= 0.3 is 0 Å². The minimum atomic E-state index is 0.703. The summed E-state index contributed by atoms with van der Waals surface area (Å²) < 4.78 is 10.5. The first-order valence-electron chi connectivity index (χ1n) is 8.17. The highest BCUT2D eigenvalue weighted by Gasteiger charge is 2.22. The fraction of sp³-hybridized carbons (Fsp3) is 0.667. The molecule has 0 spiro atoms. The zero-order valence-corrected chi connectivity index (χ0v) is 13.4. The Morgan fingerprint density at radius 3 is 2.81 bits per heavy atom. The minimum Gasteiger partial charge on any atom is -0.497 e. The quantitative estimate of drug-likeness (QED) is 0.634. The van der Waals surface area contributed by atoms with E-state index in [9.17, 15) is 0 Å². The topological polar surface area (TPSA) is 30.5 Å². The van der Waals surface area contributed by atoms with Crippen LogP contribution in [0.3, 0.4) is 0 Å². The Bertz CT molecular complexity index is 404. The van der Waals surface area contributed by atoms with Crippen LogP contribution in [-0.2, 0) is 11.2 Å². The molecular weight excluding hydrogens is 262 g/mol. The lowest BCUT2D eigenvalue weighted by molar-refractivity contribution is 0.190. The second kappa shape index (κ2) is 9.06. The van der Waals surface area contributed by atoms with Crippen molar-refractivity contribution in [2.24, 2.45) is 5.92 Å². The van der Waals surface area contributed by atoms with Gasteiger partial charge in [-0.15, -0.1) is 0 Å². The molecule has 1 fully saturated rings. The smallest absolute Gasteiger partial charge is 0.119 e. The van der Waals surface area contributed by atoms with E-state index in [0.29, 0.717) is 5.92 Å².